The van der Waals surface area contributed by atoms with E-state index >= 15 is 0 Å². The molecule has 0 bridgehead atoms. The average molecular weight is 236 g/mol. The molecule has 1 heterocycles. The molecule has 0 saturated carbocycles. The first-order valence-electron chi connectivity index (χ1n) is 5.56. The maximum atomic E-state index is 13.1. The molecule has 2 aromatic carbocycles. The van der Waals surface area contributed by atoms with Crippen molar-refractivity contribution in [3.63, 3.8) is 0 Å². The summed E-state index contributed by atoms with van der Waals surface area (Å²) in [6, 6.07) is 16.0. The number of nitriles is 1. The summed E-state index contributed by atoms with van der Waals surface area (Å²) >= 11 is 0. The Balaban J connectivity index is 2.30. The summed E-state index contributed by atoms with van der Waals surface area (Å²) in [6.07, 6.45) is 1.85. The van der Waals surface area contributed by atoms with Gasteiger partial charge in [-0.05, 0) is 36.4 Å². The lowest BCUT2D eigenvalue weighted by molar-refractivity contribution is 0.629. The molecule has 1 aromatic heterocycles. The van der Waals surface area contributed by atoms with Crippen LogP contribution in [0.15, 0.2) is 54.7 Å². The topological polar surface area (TPSA) is 28.7 Å². The van der Waals surface area contributed by atoms with Crippen LogP contribution >= 0.6 is 0 Å². The van der Waals surface area contributed by atoms with Gasteiger partial charge >= 0.3 is 0 Å². The second-order valence-electron chi connectivity index (χ2n) is 4.02. The summed E-state index contributed by atoms with van der Waals surface area (Å²) in [4.78, 5) is 0. The number of fused-ring (bicyclic) bond motifs is 1. The second kappa shape index (κ2) is 4.01. The molecule has 0 radical (unpaired) electrons. The van der Waals surface area contributed by atoms with Crippen molar-refractivity contribution in [2.45, 2.75) is 0 Å². The molecule has 3 rings (SSSR count). The van der Waals surface area contributed by atoms with Crippen LogP contribution in [0.5, 0.6) is 0 Å². The predicted octanol–water partition coefficient (Wildman–Crippen LogP) is 3.64. The van der Waals surface area contributed by atoms with Gasteiger partial charge in [0.25, 0.3) is 0 Å². The highest BCUT2D eigenvalue weighted by Gasteiger charge is 2.07. The normalized spacial score (nSPS) is 10.4. The van der Waals surface area contributed by atoms with Crippen LogP contribution in [0.25, 0.3) is 16.6 Å². The summed E-state index contributed by atoms with van der Waals surface area (Å²) in [5.74, 6) is -0.256. The van der Waals surface area contributed by atoms with E-state index < -0.39 is 0 Å². The quantitative estimate of drug-likeness (QED) is 0.634. The molecule has 2 nitrogen and oxygen atoms in total. The Hall–Kier alpha value is -2.60. The highest BCUT2D eigenvalue weighted by molar-refractivity contribution is 5.82. The molecule has 0 saturated heterocycles. The fraction of sp³-hybridized carbons (Fsp3) is 0. The van der Waals surface area contributed by atoms with Crippen molar-refractivity contribution in [3.05, 3.63) is 66.1 Å². The minimum absolute atomic E-state index is 0.256. The molecule has 0 aliphatic carbocycles. The summed E-state index contributed by atoms with van der Waals surface area (Å²) < 4.78 is 15.0. The van der Waals surface area contributed by atoms with Crippen molar-refractivity contribution >= 4 is 10.9 Å². The van der Waals surface area contributed by atoms with Crippen LogP contribution in [0, 0.1) is 17.1 Å². The smallest absolute Gasteiger partial charge is 0.123 e. The molecule has 0 N–H and O–H groups in total. The van der Waals surface area contributed by atoms with Crippen molar-refractivity contribution in [2.24, 2.45) is 0 Å². The number of rotatable bonds is 1. The molecule has 0 atom stereocenters. The van der Waals surface area contributed by atoms with E-state index in [1.54, 1.807) is 12.1 Å². The van der Waals surface area contributed by atoms with Crippen molar-refractivity contribution in [1.29, 1.82) is 5.26 Å². The minimum Gasteiger partial charge on any atom is -0.315 e. The van der Waals surface area contributed by atoms with Crippen LogP contribution < -0.4 is 0 Å². The zero-order valence-corrected chi connectivity index (χ0v) is 9.47. The predicted molar refractivity (Wildman–Crippen MR) is 67.9 cm³/mol. The molecule has 0 spiro atoms. The lowest BCUT2D eigenvalue weighted by Gasteiger charge is -2.07. The van der Waals surface area contributed by atoms with E-state index in [9.17, 15) is 4.39 Å². The molecule has 0 amide bonds. The Kier molecular flexibility index (Phi) is 2.35. The lowest BCUT2D eigenvalue weighted by atomic mass is 10.2. The Bertz CT molecular complexity index is 766. The van der Waals surface area contributed by atoms with E-state index in [1.165, 1.54) is 12.1 Å². The molecular weight excluding hydrogens is 227 g/mol. The van der Waals surface area contributed by atoms with E-state index in [0.29, 0.717) is 5.56 Å². The first-order valence-corrected chi connectivity index (χ1v) is 5.56. The molecule has 86 valence electrons. The molecule has 0 aliphatic heterocycles. The van der Waals surface area contributed by atoms with Gasteiger partial charge < -0.3 is 4.57 Å². The maximum absolute atomic E-state index is 13.1. The number of para-hydroxylation sites is 1. The van der Waals surface area contributed by atoms with Crippen molar-refractivity contribution < 1.29 is 4.39 Å². The second-order valence-corrected chi connectivity index (χ2v) is 4.02. The van der Waals surface area contributed by atoms with Gasteiger partial charge in [-0.1, -0.05) is 12.1 Å². The van der Waals surface area contributed by atoms with Crippen LogP contribution in [0.1, 0.15) is 5.56 Å². The van der Waals surface area contributed by atoms with Gasteiger partial charge in [0.1, 0.15) is 11.9 Å². The molecular formula is C15H9FN2. The molecule has 18 heavy (non-hydrogen) atoms. The number of hydrogen-bond acceptors (Lipinski definition) is 1. The van der Waals surface area contributed by atoms with Gasteiger partial charge in [-0.3, -0.25) is 0 Å². The first kappa shape index (κ1) is 10.5. The number of benzene rings is 2. The van der Waals surface area contributed by atoms with Gasteiger partial charge in [-0.2, -0.15) is 5.26 Å². The monoisotopic (exact) mass is 236 g/mol. The maximum Gasteiger partial charge on any atom is 0.123 e. The Morgan fingerprint density at radius 1 is 1.06 bits per heavy atom. The highest BCUT2D eigenvalue weighted by Crippen LogP contribution is 2.23. The zero-order valence-electron chi connectivity index (χ0n) is 9.47. The van der Waals surface area contributed by atoms with Crippen molar-refractivity contribution in [1.82, 2.24) is 4.57 Å². The standard InChI is InChI=1S/C15H9FN2/c16-13-5-6-15-11(9-13)7-8-18(15)14-4-2-1-3-12(14)10-17/h1-9H. The largest absolute Gasteiger partial charge is 0.315 e. The molecule has 0 unspecified atom stereocenters. The third-order valence-electron chi connectivity index (χ3n) is 2.94. The van der Waals surface area contributed by atoms with Crippen LogP contribution in [0.3, 0.4) is 0 Å². The van der Waals surface area contributed by atoms with Crippen LogP contribution in [-0.4, -0.2) is 4.57 Å². The van der Waals surface area contributed by atoms with Crippen LogP contribution in [-0.2, 0) is 0 Å². The fourth-order valence-electron chi connectivity index (χ4n) is 2.10. The van der Waals surface area contributed by atoms with Gasteiger partial charge in [-0.25, -0.2) is 4.39 Å². The molecule has 0 fully saturated rings. The third kappa shape index (κ3) is 1.56. The fourth-order valence-corrected chi connectivity index (χ4v) is 2.10. The van der Waals surface area contributed by atoms with Gasteiger partial charge in [-0.15, -0.1) is 0 Å². The summed E-state index contributed by atoms with van der Waals surface area (Å²) in [7, 11) is 0. The van der Waals surface area contributed by atoms with Crippen molar-refractivity contribution in [2.75, 3.05) is 0 Å². The third-order valence-corrected chi connectivity index (χ3v) is 2.94. The average Bonchev–Trinajstić information content (AvgIpc) is 2.81. The minimum atomic E-state index is -0.256. The zero-order chi connectivity index (χ0) is 12.5. The summed E-state index contributed by atoms with van der Waals surface area (Å²) in [6.45, 7) is 0. The number of hydrogen-bond donors (Lipinski definition) is 0. The SMILES string of the molecule is N#Cc1ccccc1-n1ccc2cc(F)ccc21. The van der Waals surface area contributed by atoms with Gasteiger partial charge in [0.2, 0.25) is 0 Å². The first-order chi connectivity index (χ1) is 8.79. The van der Waals surface area contributed by atoms with E-state index in [4.69, 9.17) is 5.26 Å². The molecule has 0 aliphatic rings. The Morgan fingerprint density at radius 2 is 1.89 bits per heavy atom. The van der Waals surface area contributed by atoms with E-state index in [2.05, 4.69) is 6.07 Å². The molecule has 3 heteroatoms. The van der Waals surface area contributed by atoms with E-state index in [-0.39, 0.29) is 5.82 Å². The van der Waals surface area contributed by atoms with Gasteiger partial charge in [0, 0.05) is 11.6 Å². The lowest BCUT2D eigenvalue weighted by Crippen LogP contribution is -1.95. The highest BCUT2D eigenvalue weighted by atomic mass is 19.1. The van der Waals surface area contributed by atoms with Gasteiger partial charge in [0.15, 0.2) is 0 Å². The summed E-state index contributed by atoms with van der Waals surface area (Å²) in [5, 5.41) is 9.93. The van der Waals surface area contributed by atoms with Crippen LogP contribution in [0.2, 0.25) is 0 Å². The van der Waals surface area contributed by atoms with E-state index in [1.807, 2.05) is 35.0 Å². The number of halogens is 1. The van der Waals surface area contributed by atoms with Gasteiger partial charge in [0.05, 0.1) is 16.8 Å². The Labute approximate surface area is 104 Å². The van der Waals surface area contributed by atoms with E-state index in [0.717, 1.165) is 16.6 Å². The Morgan fingerprint density at radius 3 is 2.72 bits per heavy atom. The summed E-state index contributed by atoms with van der Waals surface area (Å²) in [5.41, 5.74) is 2.29. The number of nitrogens with zero attached hydrogens (tertiary/aromatic N) is 2. The number of aromatic nitrogens is 1. The van der Waals surface area contributed by atoms with Crippen LogP contribution in [0.4, 0.5) is 4.39 Å². The molecule has 3 aromatic rings. The van der Waals surface area contributed by atoms with Crippen molar-refractivity contribution in [3.8, 4) is 11.8 Å².